The number of hydrogen-bond donors (Lipinski definition) is 2. The molecule has 1 amide bonds. The highest BCUT2D eigenvalue weighted by Crippen LogP contribution is 2.00. The van der Waals surface area contributed by atoms with Crippen LogP contribution in [0.25, 0.3) is 0 Å². The van der Waals surface area contributed by atoms with E-state index in [-0.39, 0.29) is 31.3 Å². The van der Waals surface area contributed by atoms with E-state index >= 15 is 0 Å². The third-order valence-corrected chi connectivity index (χ3v) is 4.31. The molecule has 0 fully saturated rings. The molecular formula is C24H37NO10. The lowest BCUT2D eigenvalue weighted by atomic mass is 10.2. The van der Waals surface area contributed by atoms with Gasteiger partial charge >= 0.3 is 11.9 Å². The minimum Gasteiger partial charge on any atom is -0.481 e. The van der Waals surface area contributed by atoms with Crippen LogP contribution in [0.15, 0.2) is 30.3 Å². The standard InChI is InChI=1S/C24H37NO10/c26-22(7-8-23(27)28)25-9-4-10-30-11-12-31-13-14-32-15-16-33-17-18-34-19-20-35-24(29)21-5-2-1-3-6-21/h1-3,5-6H,4,7-20H2,(H,25,26)(H,27,28). The van der Waals surface area contributed by atoms with Crippen LogP contribution in [0.2, 0.25) is 0 Å². The fraction of sp³-hybridized carbons (Fsp3) is 0.625. The molecule has 0 radical (unpaired) electrons. The zero-order valence-corrected chi connectivity index (χ0v) is 20.1. The van der Waals surface area contributed by atoms with Crippen LogP contribution in [0.1, 0.15) is 29.6 Å². The molecule has 198 valence electrons. The lowest BCUT2D eigenvalue weighted by Crippen LogP contribution is -2.25. The molecular weight excluding hydrogens is 462 g/mol. The zero-order chi connectivity index (χ0) is 25.4. The first-order chi connectivity index (χ1) is 17.1. The Labute approximate surface area is 206 Å². The number of carboxylic acids is 1. The van der Waals surface area contributed by atoms with Crippen molar-refractivity contribution in [1.82, 2.24) is 5.32 Å². The van der Waals surface area contributed by atoms with Gasteiger partial charge < -0.3 is 38.8 Å². The quantitative estimate of drug-likeness (QED) is 0.167. The molecule has 1 aromatic carbocycles. The molecule has 0 saturated carbocycles. The van der Waals surface area contributed by atoms with Crippen LogP contribution in [0.3, 0.4) is 0 Å². The number of rotatable bonds is 23. The Bertz CT molecular complexity index is 686. The Balaban J connectivity index is 1.72. The van der Waals surface area contributed by atoms with Gasteiger partial charge in [-0.15, -0.1) is 0 Å². The Kier molecular flexibility index (Phi) is 19.1. The second kappa shape index (κ2) is 21.9. The topological polar surface area (TPSA) is 139 Å². The van der Waals surface area contributed by atoms with Gasteiger partial charge in [-0.05, 0) is 18.6 Å². The highest BCUT2D eigenvalue weighted by molar-refractivity contribution is 5.89. The number of ether oxygens (including phenoxy) is 6. The number of hydrogen-bond acceptors (Lipinski definition) is 9. The number of aliphatic carboxylic acids is 1. The van der Waals surface area contributed by atoms with E-state index in [0.29, 0.717) is 84.6 Å². The average Bonchev–Trinajstić information content (AvgIpc) is 2.86. The SMILES string of the molecule is O=C(O)CCC(=O)NCCCOCCOCCOCCOCCOCCOC(=O)c1ccccc1. The number of nitrogens with one attached hydrogen (secondary N) is 1. The molecule has 0 aliphatic carbocycles. The first-order valence-electron chi connectivity index (χ1n) is 11.7. The van der Waals surface area contributed by atoms with E-state index in [9.17, 15) is 14.4 Å². The van der Waals surface area contributed by atoms with Gasteiger partial charge in [-0.25, -0.2) is 4.79 Å². The van der Waals surface area contributed by atoms with Gasteiger partial charge in [-0.1, -0.05) is 18.2 Å². The highest BCUT2D eigenvalue weighted by Gasteiger charge is 2.05. The van der Waals surface area contributed by atoms with Crippen molar-refractivity contribution in [2.75, 3.05) is 79.2 Å². The molecule has 1 aromatic rings. The van der Waals surface area contributed by atoms with Gasteiger partial charge in [0.2, 0.25) is 5.91 Å². The molecule has 0 aromatic heterocycles. The van der Waals surface area contributed by atoms with E-state index in [4.69, 9.17) is 33.5 Å². The molecule has 35 heavy (non-hydrogen) atoms. The summed E-state index contributed by atoms with van der Waals surface area (Å²) < 4.78 is 32.0. The van der Waals surface area contributed by atoms with Crippen LogP contribution < -0.4 is 5.32 Å². The van der Waals surface area contributed by atoms with Gasteiger partial charge in [-0.3, -0.25) is 9.59 Å². The summed E-state index contributed by atoms with van der Waals surface area (Å²) in [6.07, 6.45) is 0.472. The summed E-state index contributed by atoms with van der Waals surface area (Å²) in [5.74, 6) is -1.62. The summed E-state index contributed by atoms with van der Waals surface area (Å²) in [4.78, 5) is 33.4. The number of carbonyl (C=O) groups is 3. The van der Waals surface area contributed by atoms with E-state index < -0.39 is 5.97 Å². The van der Waals surface area contributed by atoms with E-state index in [2.05, 4.69) is 5.32 Å². The first-order valence-corrected chi connectivity index (χ1v) is 11.7. The molecule has 11 nitrogen and oxygen atoms in total. The highest BCUT2D eigenvalue weighted by atomic mass is 16.6. The van der Waals surface area contributed by atoms with Crippen LogP contribution in [0, 0.1) is 0 Å². The molecule has 0 spiro atoms. The van der Waals surface area contributed by atoms with Gasteiger partial charge in [0.15, 0.2) is 0 Å². The Morgan fingerprint density at radius 3 is 1.66 bits per heavy atom. The fourth-order valence-electron chi connectivity index (χ4n) is 2.54. The van der Waals surface area contributed by atoms with Crippen molar-refractivity contribution in [1.29, 1.82) is 0 Å². The van der Waals surface area contributed by atoms with Crippen LogP contribution in [0.5, 0.6) is 0 Å². The Morgan fingerprint density at radius 1 is 0.657 bits per heavy atom. The maximum Gasteiger partial charge on any atom is 0.338 e. The van der Waals surface area contributed by atoms with Gasteiger partial charge in [0, 0.05) is 19.6 Å². The number of amides is 1. The smallest absolute Gasteiger partial charge is 0.338 e. The normalized spacial score (nSPS) is 10.7. The van der Waals surface area contributed by atoms with Crippen LogP contribution in [-0.2, 0) is 38.0 Å². The van der Waals surface area contributed by atoms with Crippen LogP contribution >= 0.6 is 0 Å². The van der Waals surface area contributed by atoms with Gasteiger partial charge in [0.05, 0.1) is 71.4 Å². The number of esters is 1. The van der Waals surface area contributed by atoms with Gasteiger partial charge in [0.1, 0.15) is 6.61 Å². The summed E-state index contributed by atoms with van der Waals surface area (Å²) in [7, 11) is 0. The van der Waals surface area contributed by atoms with E-state index in [1.54, 1.807) is 24.3 Å². The molecule has 0 unspecified atom stereocenters. The van der Waals surface area contributed by atoms with Crippen molar-refractivity contribution in [3.8, 4) is 0 Å². The van der Waals surface area contributed by atoms with Gasteiger partial charge in [-0.2, -0.15) is 0 Å². The molecule has 0 bridgehead atoms. The second-order valence-corrected chi connectivity index (χ2v) is 7.16. The number of carbonyl (C=O) groups excluding carboxylic acids is 2. The maximum atomic E-state index is 11.7. The first kappa shape index (κ1) is 30.5. The van der Waals surface area contributed by atoms with Crippen molar-refractivity contribution < 1.29 is 47.9 Å². The molecule has 0 heterocycles. The second-order valence-electron chi connectivity index (χ2n) is 7.16. The van der Waals surface area contributed by atoms with Crippen molar-refractivity contribution in [3.63, 3.8) is 0 Å². The van der Waals surface area contributed by atoms with Crippen LogP contribution in [0.4, 0.5) is 0 Å². The van der Waals surface area contributed by atoms with Crippen molar-refractivity contribution in [2.45, 2.75) is 19.3 Å². The maximum absolute atomic E-state index is 11.7. The third kappa shape index (κ3) is 19.4. The van der Waals surface area contributed by atoms with Gasteiger partial charge in [0.25, 0.3) is 0 Å². The van der Waals surface area contributed by atoms with Crippen molar-refractivity contribution in [3.05, 3.63) is 35.9 Å². The van der Waals surface area contributed by atoms with Crippen molar-refractivity contribution >= 4 is 17.8 Å². The largest absolute Gasteiger partial charge is 0.481 e. The average molecular weight is 500 g/mol. The van der Waals surface area contributed by atoms with Crippen LogP contribution in [-0.4, -0.2) is 102 Å². The Hall–Kier alpha value is -2.57. The number of carboxylic acid groups (broad SMARTS) is 1. The lowest BCUT2D eigenvalue weighted by molar-refractivity contribution is -0.138. The minimum atomic E-state index is -0.985. The summed E-state index contributed by atoms with van der Waals surface area (Å²) in [5.41, 5.74) is 0.515. The monoisotopic (exact) mass is 499 g/mol. The predicted octanol–water partition coefficient (Wildman–Crippen LogP) is 1.30. The number of benzene rings is 1. The lowest BCUT2D eigenvalue weighted by Gasteiger charge is -2.08. The molecule has 1 rings (SSSR count). The van der Waals surface area contributed by atoms with E-state index in [1.807, 2.05) is 6.07 Å². The summed E-state index contributed by atoms with van der Waals surface area (Å²) in [5, 5.41) is 11.1. The summed E-state index contributed by atoms with van der Waals surface area (Å²) in [6.45, 7) is 4.96. The van der Waals surface area contributed by atoms with E-state index in [1.165, 1.54) is 0 Å². The molecule has 0 aliphatic heterocycles. The third-order valence-electron chi connectivity index (χ3n) is 4.31. The van der Waals surface area contributed by atoms with E-state index in [0.717, 1.165) is 0 Å². The summed E-state index contributed by atoms with van der Waals surface area (Å²) in [6, 6.07) is 8.80. The molecule has 0 saturated heterocycles. The Morgan fingerprint density at radius 2 is 1.14 bits per heavy atom. The minimum absolute atomic E-state index is 0.0115. The molecule has 11 heteroatoms. The van der Waals surface area contributed by atoms with Crippen molar-refractivity contribution in [2.24, 2.45) is 0 Å². The molecule has 0 aliphatic rings. The zero-order valence-electron chi connectivity index (χ0n) is 20.1. The predicted molar refractivity (Wildman–Crippen MR) is 125 cm³/mol. The fourth-order valence-corrected chi connectivity index (χ4v) is 2.54. The molecule has 2 N–H and O–H groups in total. The molecule has 0 atom stereocenters. The summed E-state index contributed by atoms with van der Waals surface area (Å²) >= 11 is 0.